The summed E-state index contributed by atoms with van der Waals surface area (Å²) in [5, 5.41) is 4.17. The van der Waals surface area contributed by atoms with Gasteiger partial charge in [-0.3, -0.25) is 4.90 Å². The first-order valence-corrected chi connectivity index (χ1v) is 8.93. The van der Waals surface area contributed by atoms with E-state index in [2.05, 4.69) is 46.2 Å². The van der Waals surface area contributed by atoms with Crippen molar-refractivity contribution in [3.8, 4) is 11.4 Å². The number of aryl methyl sites for hydroxylation is 1. The fourth-order valence-electron chi connectivity index (χ4n) is 4.24. The van der Waals surface area contributed by atoms with Gasteiger partial charge >= 0.3 is 0 Å². The first-order valence-electron chi connectivity index (χ1n) is 8.93. The molecule has 1 aliphatic carbocycles. The fourth-order valence-corrected chi connectivity index (χ4v) is 4.24. The zero-order valence-corrected chi connectivity index (χ0v) is 13.9. The van der Waals surface area contributed by atoms with Crippen molar-refractivity contribution in [3.05, 3.63) is 35.7 Å². The van der Waals surface area contributed by atoms with Crippen LogP contribution in [0.1, 0.15) is 50.0 Å². The summed E-state index contributed by atoms with van der Waals surface area (Å²) in [5.74, 6) is 2.35. The Morgan fingerprint density at radius 1 is 1.09 bits per heavy atom. The molecule has 0 bridgehead atoms. The van der Waals surface area contributed by atoms with E-state index in [4.69, 9.17) is 4.52 Å². The molecule has 2 unspecified atom stereocenters. The Labute approximate surface area is 137 Å². The Morgan fingerprint density at radius 2 is 1.87 bits per heavy atom. The predicted molar refractivity (Wildman–Crippen MR) is 89.9 cm³/mol. The Balaban J connectivity index is 1.47. The number of likely N-dealkylation sites (tertiary alicyclic amines) is 1. The minimum absolute atomic E-state index is 0.706. The molecule has 2 fully saturated rings. The summed E-state index contributed by atoms with van der Waals surface area (Å²) in [7, 11) is 0. The zero-order chi connectivity index (χ0) is 15.6. The summed E-state index contributed by atoms with van der Waals surface area (Å²) in [6.07, 6.45) is 8.23. The van der Waals surface area contributed by atoms with Crippen LogP contribution in [0.2, 0.25) is 0 Å². The average molecular weight is 311 g/mol. The van der Waals surface area contributed by atoms with Gasteiger partial charge in [0.15, 0.2) is 0 Å². The van der Waals surface area contributed by atoms with E-state index >= 15 is 0 Å². The Bertz CT molecular complexity index is 647. The Kier molecular flexibility index (Phi) is 4.17. The first kappa shape index (κ1) is 14.9. The second kappa shape index (κ2) is 6.44. The molecule has 1 aliphatic heterocycles. The first-order chi connectivity index (χ1) is 11.3. The van der Waals surface area contributed by atoms with Crippen LogP contribution >= 0.6 is 0 Å². The van der Waals surface area contributed by atoms with Crippen LogP contribution in [0, 0.1) is 12.8 Å². The van der Waals surface area contributed by atoms with E-state index < -0.39 is 0 Å². The van der Waals surface area contributed by atoms with Gasteiger partial charge in [-0.25, -0.2) is 0 Å². The molecule has 122 valence electrons. The summed E-state index contributed by atoms with van der Waals surface area (Å²) in [4.78, 5) is 7.21. The van der Waals surface area contributed by atoms with Crippen molar-refractivity contribution in [1.29, 1.82) is 0 Å². The van der Waals surface area contributed by atoms with Crippen LogP contribution in [0.4, 0.5) is 0 Å². The molecule has 1 saturated carbocycles. The van der Waals surface area contributed by atoms with E-state index in [1.807, 2.05) is 0 Å². The van der Waals surface area contributed by atoms with Crippen LogP contribution in [0.3, 0.4) is 0 Å². The minimum atomic E-state index is 0.706. The van der Waals surface area contributed by atoms with E-state index in [1.165, 1.54) is 50.6 Å². The highest BCUT2D eigenvalue weighted by Gasteiger charge is 2.33. The maximum Gasteiger partial charge on any atom is 0.241 e. The van der Waals surface area contributed by atoms with Crippen molar-refractivity contribution in [3.63, 3.8) is 0 Å². The molecule has 2 atom stereocenters. The smallest absolute Gasteiger partial charge is 0.241 e. The van der Waals surface area contributed by atoms with Gasteiger partial charge in [0, 0.05) is 11.6 Å². The largest absolute Gasteiger partial charge is 0.338 e. The van der Waals surface area contributed by atoms with Crippen LogP contribution in [0.15, 0.2) is 28.8 Å². The topological polar surface area (TPSA) is 42.2 Å². The number of fused-ring (bicyclic) bond motifs is 1. The molecule has 4 rings (SSSR count). The monoisotopic (exact) mass is 311 g/mol. The summed E-state index contributed by atoms with van der Waals surface area (Å²) in [6.45, 7) is 4.06. The van der Waals surface area contributed by atoms with Gasteiger partial charge in [-0.05, 0) is 45.1 Å². The maximum atomic E-state index is 5.53. The molecule has 1 saturated heterocycles. The van der Waals surface area contributed by atoms with Gasteiger partial charge in [0.25, 0.3) is 0 Å². The summed E-state index contributed by atoms with van der Waals surface area (Å²) >= 11 is 0. The number of rotatable bonds is 3. The normalized spacial score (nSPS) is 25.3. The fraction of sp³-hybridized carbons (Fsp3) is 0.579. The third kappa shape index (κ3) is 3.18. The molecule has 2 aliphatic rings. The van der Waals surface area contributed by atoms with E-state index in [0.29, 0.717) is 5.82 Å². The molecule has 2 heterocycles. The molecular formula is C19H25N3O. The SMILES string of the molecule is Cc1ccc(-c2noc(CN3CCCC4CCCCC43)n2)cc1. The summed E-state index contributed by atoms with van der Waals surface area (Å²) in [6, 6.07) is 9.02. The van der Waals surface area contributed by atoms with Crippen molar-refractivity contribution in [2.75, 3.05) is 6.54 Å². The summed E-state index contributed by atoms with van der Waals surface area (Å²) < 4.78 is 5.53. The molecule has 0 amide bonds. The summed E-state index contributed by atoms with van der Waals surface area (Å²) in [5.41, 5.74) is 2.27. The highest BCUT2D eigenvalue weighted by Crippen LogP contribution is 2.35. The Hall–Kier alpha value is -1.68. The molecule has 1 aromatic carbocycles. The van der Waals surface area contributed by atoms with Crippen molar-refractivity contribution < 1.29 is 4.52 Å². The molecule has 23 heavy (non-hydrogen) atoms. The van der Waals surface area contributed by atoms with Crippen LogP contribution in [0.25, 0.3) is 11.4 Å². The standard InChI is InChI=1S/C19H25N3O/c1-14-8-10-16(11-9-14)19-20-18(23-21-19)13-22-12-4-6-15-5-2-3-7-17(15)22/h8-11,15,17H,2-7,12-13H2,1H3. The second-order valence-electron chi connectivity index (χ2n) is 7.10. The Morgan fingerprint density at radius 3 is 2.74 bits per heavy atom. The molecule has 0 radical (unpaired) electrons. The van der Waals surface area contributed by atoms with Crippen molar-refractivity contribution in [2.45, 2.75) is 58.0 Å². The van der Waals surface area contributed by atoms with Gasteiger partial charge in [0.2, 0.25) is 11.7 Å². The van der Waals surface area contributed by atoms with E-state index in [0.717, 1.165) is 30.0 Å². The number of benzene rings is 1. The van der Waals surface area contributed by atoms with Gasteiger partial charge in [-0.15, -0.1) is 0 Å². The molecule has 1 aromatic heterocycles. The van der Waals surface area contributed by atoms with E-state index in [9.17, 15) is 0 Å². The number of hydrogen-bond acceptors (Lipinski definition) is 4. The molecular weight excluding hydrogens is 286 g/mol. The zero-order valence-electron chi connectivity index (χ0n) is 13.9. The molecule has 0 spiro atoms. The van der Waals surface area contributed by atoms with Crippen LogP contribution in [-0.4, -0.2) is 27.6 Å². The third-order valence-electron chi connectivity index (χ3n) is 5.47. The number of piperidine rings is 1. The van der Waals surface area contributed by atoms with Gasteiger partial charge < -0.3 is 4.52 Å². The van der Waals surface area contributed by atoms with Gasteiger partial charge in [-0.1, -0.05) is 47.8 Å². The number of aromatic nitrogens is 2. The van der Waals surface area contributed by atoms with Gasteiger partial charge in [-0.2, -0.15) is 4.98 Å². The van der Waals surface area contributed by atoms with Crippen molar-refractivity contribution in [1.82, 2.24) is 15.0 Å². The number of hydrogen-bond donors (Lipinski definition) is 0. The van der Waals surface area contributed by atoms with Crippen LogP contribution < -0.4 is 0 Å². The van der Waals surface area contributed by atoms with Crippen LogP contribution in [0.5, 0.6) is 0 Å². The predicted octanol–water partition coefficient (Wildman–Crippen LogP) is 4.20. The van der Waals surface area contributed by atoms with E-state index in [-0.39, 0.29) is 0 Å². The van der Waals surface area contributed by atoms with Crippen molar-refractivity contribution >= 4 is 0 Å². The lowest BCUT2D eigenvalue weighted by Crippen LogP contribution is -2.46. The maximum absolute atomic E-state index is 5.53. The average Bonchev–Trinajstić information content (AvgIpc) is 3.04. The number of nitrogens with zero attached hydrogens (tertiary/aromatic N) is 3. The van der Waals surface area contributed by atoms with Crippen LogP contribution in [-0.2, 0) is 6.54 Å². The lowest BCUT2D eigenvalue weighted by atomic mass is 9.78. The quantitative estimate of drug-likeness (QED) is 0.852. The lowest BCUT2D eigenvalue weighted by molar-refractivity contribution is 0.0466. The van der Waals surface area contributed by atoms with Gasteiger partial charge in [0.05, 0.1) is 6.54 Å². The van der Waals surface area contributed by atoms with E-state index in [1.54, 1.807) is 0 Å². The van der Waals surface area contributed by atoms with Crippen molar-refractivity contribution in [2.24, 2.45) is 5.92 Å². The third-order valence-corrected chi connectivity index (χ3v) is 5.47. The molecule has 0 N–H and O–H groups in total. The minimum Gasteiger partial charge on any atom is -0.338 e. The highest BCUT2D eigenvalue weighted by atomic mass is 16.5. The second-order valence-corrected chi connectivity index (χ2v) is 7.10. The molecule has 4 heteroatoms. The lowest BCUT2D eigenvalue weighted by Gasteiger charge is -2.43. The molecule has 4 nitrogen and oxygen atoms in total. The van der Waals surface area contributed by atoms with Gasteiger partial charge in [0.1, 0.15) is 0 Å². The highest BCUT2D eigenvalue weighted by molar-refractivity contribution is 5.54. The molecule has 2 aromatic rings.